The van der Waals surface area contributed by atoms with Gasteiger partial charge in [0.05, 0.1) is 12.1 Å². The number of nitrogens with one attached hydrogen (secondary N) is 1. The second-order valence-electron chi connectivity index (χ2n) is 4.47. The van der Waals surface area contributed by atoms with Gasteiger partial charge in [0.15, 0.2) is 0 Å². The molecule has 1 heterocycles. The Morgan fingerprint density at radius 3 is 2.57 bits per heavy atom. The molecule has 0 fully saturated rings. The van der Waals surface area contributed by atoms with Gasteiger partial charge >= 0.3 is 0 Å². The zero-order valence-corrected chi connectivity index (χ0v) is 12.3. The number of rotatable bonds is 5. The highest BCUT2D eigenvalue weighted by Gasteiger charge is 2.11. The second-order valence-corrected chi connectivity index (χ2v) is 4.91. The second kappa shape index (κ2) is 6.95. The lowest BCUT2D eigenvalue weighted by Crippen LogP contribution is -2.31. The molecular weight excluding hydrogens is 292 g/mol. The maximum atomic E-state index is 12.1. The van der Waals surface area contributed by atoms with Crippen LogP contribution in [0.1, 0.15) is 10.4 Å². The summed E-state index contributed by atoms with van der Waals surface area (Å²) in [5.74, 6) is 0.523. The summed E-state index contributed by atoms with van der Waals surface area (Å²) in [7, 11) is 1.68. The number of likely N-dealkylation sites (N-methyl/N-ethyl adjacent to an activating group) is 1. The lowest BCUT2D eigenvalue weighted by Gasteiger charge is -2.17. The number of hydrogen-bond donors (Lipinski definition) is 1. The summed E-state index contributed by atoms with van der Waals surface area (Å²) >= 11 is 5.78. The number of benzene rings is 1. The Labute approximate surface area is 127 Å². The number of aromatic amines is 1. The third-order valence-corrected chi connectivity index (χ3v) is 3.14. The summed E-state index contributed by atoms with van der Waals surface area (Å²) in [4.78, 5) is 27.0. The molecule has 5 nitrogen and oxygen atoms in total. The van der Waals surface area contributed by atoms with E-state index in [-0.39, 0.29) is 11.5 Å². The van der Waals surface area contributed by atoms with Crippen molar-refractivity contribution in [2.75, 3.05) is 20.2 Å². The van der Waals surface area contributed by atoms with E-state index in [1.807, 2.05) is 0 Å². The molecule has 0 saturated carbocycles. The van der Waals surface area contributed by atoms with Gasteiger partial charge in [0.2, 0.25) is 5.56 Å². The van der Waals surface area contributed by atoms with Gasteiger partial charge in [0.1, 0.15) is 12.4 Å². The first-order chi connectivity index (χ1) is 10.1. The largest absolute Gasteiger partial charge is 0.492 e. The van der Waals surface area contributed by atoms with Crippen LogP contribution in [0.4, 0.5) is 0 Å². The zero-order valence-electron chi connectivity index (χ0n) is 11.5. The summed E-state index contributed by atoms with van der Waals surface area (Å²) in [6.07, 6.45) is 1.40. The fourth-order valence-electron chi connectivity index (χ4n) is 1.70. The van der Waals surface area contributed by atoms with Crippen LogP contribution in [0.3, 0.4) is 0 Å². The number of aromatic nitrogens is 1. The van der Waals surface area contributed by atoms with Crippen molar-refractivity contribution in [3.05, 3.63) is 63.5 Å². The van der Waals surface area contributed by atoms with Gasteiger partial charge in [0, 0.05) is 24.3 Å². The van der Waals surface area contributed by atoms with Crippen LogP contribution in [0.2, 0.25) is 5.02 Å². The Hall–Kier alpha value is -2.27. The monoisotopic (exact) mass is 306 g/mol. The molecule has 21 heavy (non-hydrogen) atoms. The maximum Gasteiger partial charge on any atom is 0.255 e. The molecule has 0 aliphatic carbocycles. The molecule has 1 N–H and O–H groups in total. The molecule has 0 saturated heterocycles. The van der Waals surface area contributed by atoms with Crippen LogP contribution in [0.5, 0.6) is 5.75 Å². The average molecular weight is 307 g/mol. The fourth-order valence-corrected chi connectivity index (χ4v) is 1.82. The van der Waals surface area contributed by atoms with E-state index in [1.165, 1.54) is 23.2 Å². The Bertz CT molecular complexity index is 647. The molecule has 1 aromatic carbocycles. The van der Waals surface area contributed by atoms with Gasteiger partial charge < -0.3 is 14.6 Å². The molecule has 1 aromatic heterocycles. The van der Waals surface area contributed by atoms with Crippen molar-refractivity contribution in [1.82, 2.24) is 9.88 Å². The molecule has 0 aliphatic rings. The summed E-state index contributed by atoms with van der Waals surface area (Å²) in [5, 5.41) is 0.646. The van der Waals surface area contributed by atoms with Gasteiger partial charge in [-0.25, -0.2) is 0 Å². The number of carbonyl (C=O) groups is 1. The first kappa shape index (κ1) is 15.1. The molecule has 6 heteroatoms. The standard InChI is InChI=1S/C15H15ClN2O3/c1-18(15(20)11-2-7-14(19)17-10-11)8-9-21-13-5-3-12(16)4-6-13/h2-7,10H,8-9H2,1H3,(H,17,19). The van der Waals surface area contributed by atoms with E-state index in [2.05, 4.69) is 4.98 Å². The fraction of sp³-hybridized carbons (Fsp3) is 0.200. The van der Waals surface area contributed by atoms with Gasteiger partial charge in [-0.05, 0) is 30.3 Å². The quantitative estimate of drug-likeness (QED) is 0.921. The molecular formula is C15H15ClN2O3. The summed E-state index contributed by atoms with van der Waals surface area (Å²) < 4.78 is 5.53. The Morgan fingerprint density at radius 1 is 1.24 bits per heavy atom. The average Bonchev–Trinajstić information content (AvgIpc) is 2.49. The predicted molar refractivity (Wildman–Crippen MR) is 81.0 cm³/mol. The Kier molecular flexibility index (Phi) is 5.00. The van der Waals surface area contributed by atoms with E-state index >= 15 is 0 Å². The van der Waals surface area contributed by atoms with Gasteiger partial charge in [-0.2, -0.15) is 0 Å². The first-order valence-electron chi connectivity index (χ1n) is 6.39. The minimum absolute atomic E-state index is 0.175. The highest BCUT2D eigenvalue weighted by Crippen LogP contribution is 2.15. The van der Waals surface area contributed by atoms with Crippen LogP contribution in [0, 0.1) is 0 Å². The van der Waals surface area contributed by atoms with Gasteiger partial charge in [-0.3, -0.25) is 9.59 Å². The highest BCUT2D eigenvalue weighted by molar-refractivity contribution is 6.30. The number of H-pyrrole nitrogens is 1. The number of hydrogen-bond acceptors (Lipinski definition) is 3. The molecule has 1 amide bonds. The van der Waals surface area contributed by atoms with Crippen molar-refractivity contribution >= 4 is 17.5 Å². The Balaban J connectivity index is 1.85. The minimum atomic E-state index is -0.236. The van der Waals surface area contributed by atoms with E-state index in [0.29, 0.717) is 29.5 Å². The summed E-state index contributed by atoms with van der Waals surface area (Å²) in [6, 6.07) is 9.85. The molecule has 0 atom stereocenters. The molecule has 0 aliphatic heterocycles. The number of halogens is 1. The molecule has 2 rings (SSSR count). The summed E-state index contributed by atoms with van der Waals surface area (Å²) in [6.45, 7) is 0.799. The van der Waals surface area contributed by atoms with E-state index in [1.54, 1.807) is 31.3 Å². The third kappa shape index (κ3) is 4.36. The molecule has 0 bridgehead atoms. The van der Waals surface area contributed by atoms with Crippen LogP contribution in [-0.4, -0.2) is 36.0 Å². The van der Waals surface area contributed by atoms with E-state index in [4.69, 9.17) is 16.3 Å². The SMILES string of the molecule is CN(CCOc1ccc(Cl)cc1)C(=O)c1ccc(=O)[nH]c1. The topological polar surface area (TPSA) is 62.4 Å². The van der Waals surface area contributed by atoms with Crippen LogP contribution in [-0.2, 0) is 0 Å². The van der Waals surface area contributed by atoms with Crippen molar-refractivity contribution in [3.63, 3.8) is 0 Å². The number of carbonyl (C=O) groups excluding carboxylic acids is 1. The number of ether oxygens (including phenoxy) is 1. The first-order valence-corrected chi connectivity index (χ1v) is 6.76. The third-order valence-electron chi connectivity index (χ3n) is 2.89. The highest BCUT2D eigenvalue weighted by atomic mass is 35.5. The molecule has 0 spiro atoms. The van der Waals surface area contributed by atoms with Crippen LogP contribution in [0.25, 0.3) is 0 Å². The van der Waals surface area contributed by atoms with E-state index in [9.17, 15) is 9.59 Å². The van der Waals surface area contributed by atoms with Gasteiger partial charge in [-0.1, -0.05) is 11.6 Å². The van der Waals surface area contributed by atoms with Crippen molar-refractivity contribution in [1.29, 1.82) is 0 Å². The van der Waals surface area contributed by atoms with E-state index < -0.39 is 0 Å². The number of amides is 1. The molecule has 0 unspecified atom stereocenters. The molecule has 2 aromatic rings. The predicted octanol–water partition coefficient (Wildman–Crippen LogP) is 2.18. The van der Waals surface area contributed by atoms with Gasteiger partial charge in [-0.15, -0.1) is 0 Å². The zero-order chi connectivity index (χ0) is 15.2. The van der Waals surface area contributed by atoms with Crippen molar-refractivity contribution in [2.24, 2.45) is 0 Å². The minimum Gasteiger partial charge on any atom is -0.492 e. The molecule has 110 valence electrons. The Morgan fingerprint density at radius 2 is 1.95 bits per heavy atom. The number of pyridine rings is 1. The van der Waals surface area contributed by atoms with Crippen LogP contribution < -0.4 is 10.3 Å². The van der Waals surface area contributed by atoms with Crippen LogP contribution in [0.15, 0.2) is 47.4 Å². The van der Waals surface area contributed by atoms with Gasteiger partial charge in [0.25, 0.3) is 5.91 Å². The lowest BCUT2D eigenvalue weighted by molar-refractivity contribution is 0.0773. The van der Waals surface area contributed by atoms with Crippen molar-refractivity contribution in [2.45, 2.75) is 0 Å². The number of nitrogens with zero attached hydrogens (tertiary/aromatic N) is 1. The maximum absolute atomic E-state index is 12.1. The van der Waals surface area contributed by atoms with E-state index in [0.717, 1.165) is 0 Å². The normalized spacial score (nSPS) is 10.2. The lowest BCUT2D eigenvalue weighted by atomic mass is 10.2. The molecule has 0 radical (unpaired) electrons. The van der Waals surface area contributed by atoms with Crippen molar-refractivity contribution in [3.8, 4) is 5.75 Å². The summed E-state index contributed by atoms with van der Waals surface area (Å²) in [5.41, 5.74) is 0.198. The van der Waals surface area contributed by atoms with Crippen molar-refractivity contribution < 1.29 is 9.53 Å². The van der Waals surface area contributed by atoms with Crippen LogP contribution >= 0.6 is 11.6 Å². The smallest absolute Gasteiger partial charge is 0.255 e.